The molecule has 0 saturated heterocycles. The van der Waals surface area contributed by atoms with Gasteiger partial charge in [-0.3, -0.25) is 14.9 Å². The minimum absolute atomic E-state index is 0.0701. The van der Waals surface area contributed by atoms with E-state index in [1.165, 1.54) is 12.3 Å². The summed E-state index contributed by atoms with van der Waals surface area (Å²) in [7, 11) is 0. The van der Waals surface area contributed by atoms with Gasteiger partial charge in [-0.15, -0.1) is 0 Å². The van der Waals surface area contributed by atoms with Gasteiger partial charge in [-0.05, 0) is 40.3 Å². The van der Waals surface area contributed by atoms with Gasteiger partial charge in [-0.2, -0.15) is 5.10 Å². The maximum absolute atomic E-state index is 11.8. The lowest BCUT2D eigenvalue weighted by Crippen LogP contribution is -2.20. The number of hydrogen-bond acceptors (Lipinski definition) is 4. The molecule has 0 spiro atoms. The molecule has 2 rings (SSSR count). The number of carbonyl (C=O) groups is 1. The molecule has 0 unspecified atom stereocenters. The monoisotopic (exact) mass is 409 g/mol. The fourth-order valence-electron chi connectivity index (χ4n) is 1.78. The molecule has 1 N–H and O–H groups in total. The minimum Gasteiger partial charge on any atom is -0.273 e. The number of benzene rings is 2. The number of rotatable bonds is 5. The van der Waals surface area contributed by atoms with Crippen molar-refractivity contribution >= 4 is 40.4 Å². The summed E-state index contributed by atoms with van der Waals surface area (Å²) in [5.41, 5.74) is 3.51. The van der Waals surface area contributed by atoms with Crippen LogP contribution in [-0.2, 0) is 11.2 Å². The van der Waals surface area contributed by atoms with Gasteiger partial charge in [-0.25, -0.2) is 5.43 Å². The van der Waals surface area contributed by atoms with Crippen LogP contribution in [0.4, 0.5) is 5.69 Å². The molecule has 22 heavy (non-hydrogen) atoms. The van der Waals surface area contributed by atoms with E-state index >= 15 is 0 Å². The number of nitro groups is 1. The van der Waals surface area contributed by atoms with E-state index in [0.717, 1.165) is 9.13 Å². The molecule has 0 bridgehead atoms. The molecule has 1 amide bonds. The maximum atomic E-state index is 11.8. The molecule has 0 aliphatic heterocycles. The molecule has 2 aromatic carbocycles. The highest BCUT2D eigenvalue weighted by atomic mass is 127. The van der Waals surface area contributed by atoms with E-state index in [0.29, 0.717) is 5.56 Å². The van der Waals surface area contributed by atoms with E-state index in [4.69, 9.17) is 0 Å². The van der Waals surface area contributed by atoms with Crippen LogP contribution in [0.3, 0.4) is 0 Å². The SMILES string of the molecule is O=C(Cc1ccccc1[N+](=O)[O-])N/N=C/c1ccc(I)cc1. The molecular formula is C15H12IN3O3. The van der Waals surface area contributed by atoms with Crippen molar-refractivity contribution in [3.05, 3.63) is 73.3 Å². The van der Waals surface area contributed by atoms with Gasteiger partial charge in [0.2, 0.25) is 5.91 Å². The third kappa shape index (κ3) is 4.62. The topological polar surface area (TPSA) is 84.6 Å². The summed E-state index contributed by atoms with van der Waals surface area (Å²) in [6, 6.07) is 13.8. The molecular weight excluding hydrogens is 397 g/mol. The zero-order chi connectivity index (χ0) is 15.9. The van der Waals surface area contributed by atoms with E-state index in [2.05, 4.69) is 33.1 Å². The highest BCUT2D eigenvalue weighted by molar-refractivity contribution is 14.1. The molecule has 0 aromatic heterocycles. The Morgan fingerprint density at radius 1 is 1.23 bits per heavy atom. The van der Waals surface area contributed by atoms with Crippen molar-refractivity contribution in [3.8, 4) is 0 Å². The van der Waals surface area contributed by atoms with Gasteiger partial charge >= 0.3 is 0 Å². The Bertz CT molecular complexity index is 714. The Balaban J connectivity index is 1.96. The van der Waals surface area contributed by atoms with E-state index in [9.17, 15) is 14.9 Å². The summed E-state index contributed by atoms with van der Waals surface area (Å²) in [6.45, 7) is 0. The first-order chi connectivity index (χ1) is 10.6. The predicted octanol–water partition coefficient (Wildman–Crippen LogP) is 2.89. The zero-order valence-electron chi connectivity index (χ0n) is 11.4. The first kappa shape index (κ1) is 16.1. The molecule has 0 aliphatic carbocycles. The number of halogens is 1. The fraction of sp³-hybridized carbons (Fsp3) is 0.0667. The summed E-state index contributed by atoms with van der Waals surface area (Å²) in [5.74, 6) is -0.406. The summed E-state index contributed by atoms with van der Waals surface area (Å²) >= 11 is 2.20. The van der Waals surface area contributed by atoms with Gasteiger partial charge in [-0.1, -0.05) is 30.3 Å². The molecule has 0 saturated carbocycles. The van der Waals surface area contributed by atoms with Gasteiger partial charge in [0, 0.05) is 15.2 Å². The third-order valence-electron chi connectivity index (χ3n) is 2.81. The van der Waals surface area contributed by atoms with Crippen molar-refractivity contribution in [3.63, 3.8) is 0 Å². The molecule has 0 radical (unpaired) electrons. The van der Waals surface area contributed by atoms with Crippen LogP contribution in [0.2, 0.25) is 0 Å². The first-order valence-corrected chi connectivity index (χ1v) is 7.44. The van der Waals surface area contributed by atoms with Crippen LogP contribution in [0.1, 0.15) is 11.1 Å². The summed E-state index contributed by atoms with van der Waals surface area (Å²) < 4.78 is 1.11. The number of amides is 1. The highest BCUT2D eigenvalue weighted by Crippen LogP contribution is 2.17. The van der Waals surface area contributed by atoms with E-state index in [1.54, 1.807) is 18.2 Å². The minimum atomic E-state index is -0.503. The van der Waals surface area contributed by atoms with Crippen molar-refractivity contribution < 1.29 is 9.72 Å². The number of para-hydroxylation sites is 1. The molecule has 2 aromatic rings. The van der Waals surface area contributed by atoms with Crippen LogP contribution in [0.15, 0.2) is 53.6 Å². The normalized spacial score (nSPS) is 10.6. The largest absolute Gasteiger partial charge is 0.273 e. The van der Waals surface area contributed by atoms with Crippen molar-refractivity contribution in [2.75, 3.05) is 0 Å². The number of nitro benzene ring substituents is 1. The zero-order valence-corrected chi connectivity index (χ0v) is 13.6. The Morgan fingerprint density at radius 3 is 2.59 bits per heavy atom. The Morgan fingerprint density at radius 2 is 1.91 bits per heavy atom. The fourth-order valence-corrected chi connectivity index (χ4v) is 2.14. The quantitative estimate of drug-likeness (QED) is 0.357. The smallest absolute Gasteiger partial charge is 0.273 e. The first-order valence-electron chi connectivity index (χ1n) is 6.36. The maximum Gasteiger partial charge on any atom is 0.273 e. The van der Waals surface area contributed by atoms with Gasteiger partial charge in [0.15, 0.2) is 0 Å². The van der Waals surface area contributed by atoms with Crippen molar-refractivity contribution in [2.45, 2.75) is 6.42 Å². The lowest BCUT2D eigenvalue weighted by Gasteiger charge is -2.01. The lowest BCUT2D eigenvalue weighted by molar-refractivity contribution is -0.385. The second-order valence-corrected chi connectivity index (χ2v) is 5.65. The Hall–Kier alpha value is -2.29. The number of nitrogens with one attached hydrogen (secondary N) is 1. The second kappa shape index (κ2) is 7.64. The average molecular weight is 409 g/mol. The Kier molecular flexibility index (Phi) is 5.59. The predicted molar refractivity (Wildman–Crippen MR) is 91.7 cm³/mol. The van der Waals surface area contributed by atoms with Gasteiger partial charge in [0.05, 0.1) is 17.6 Å². The molecule has 0 aliphatic rings. The molecule has 0 fully saturated rings. The van der Waals surface area contributed by atoms with Crippen LogP contribution in [0.25, 0.3) is 0 Å². The van der Waals surface area contributed by atoms with Crippen molar-refractivity contribution in [2.24, 2.45) is 5.10 Å². The number of hydrogen-bond donors (Lipinski definition) is 1. The standard InChI is InChI=1S/C15H12IN3O3/c16-13-7-5-11(6-8-13)10-17-18-15(20)9-12-3-1-2-4-14(12)19(21)22/h1-8,10H,9H2,(H,18,20)/b17-10+. The number of nitrogens with zero attached hydrogens (tertiary/aromatic N) is 2. The lowest BCUT2D eigenvalue weighted by atomic mass is 10.1. The summed E-state index contributed by atoms with van der Waals surface area (Å²) in [6.07, 6.45) is 1.43. The van der Waals surface area contributed by atoms with Crippen LogP contribution in [0.5, 0.6) is 0 Å². The van der Waals surface area contributed by atoms with Gasteiger partial charge in [0.25, 0.3) is 5.69 Å². The van der Waals surface area contributed by atoms with E-state index in [-0.39, 0.29) is 12.1 Å². The van der Waals surface area contributed by atoms with E-state index in [1.807, 2.05) is 24.3 Å². The highest BCUT2D eigenvalue weighted by Gasteiger charge is 2.14. The molecule has 0 heterocycles. The molecule has 6 nitrogen and oxygen atoms in total. The summed E-state index contributed by atoms with van der Waals surface area (Å²) in [5, 5.41) is 14.7. The van der Waals surface area contributed by atoms with Crippen LogP contribution < -0.4 is 5.43 Å². The molecule has 0 atom stereocenters. The molecule has 7 heteroatoms. The van der Waals surface area contributed by atoms with E-state index < -0.39 is 10.8 Å². The number of carbonyl (C=O) groups excluding carboxylic acids is 1. The average Bonchev–Trinajstić information content (AvgIpc) is 2.49. The van der Waals surface area contributed by atoms with Crippen LogP contribution in [0, 0.1) is 13.7 Å². The van der Waals surface area contributed by atoms with Gasteiger partial charge < -0.3 is 0 Å². The van der Waals surface area contributed by atoms with Crippen LogP contribution >= 0.6 is 22.6 Å². The van der Waals surface area contributed by atoms with Crippen LogP contribution in [-0.4, -0.2) is 17.0 Å². The molecule has 112 valence electrons. The Labute approximate surface area is 140 Å². The van der Waals surface area contributed by atoms with Gasteiger partial charge in [0.1, 0.15) is 0 Å². The second-order valence-electron chi connectivity index (χ2n) is 4.41. The third-order valence-corrected chi connectivity index (χ3v) is 3.53. The number of hydrazone groups is 1. The van der Waals surface area contributed by atoms with Crippen molar-refractivity contribution in [1.82, 2.24) is 5.43 Å². The van der Waals surface area contributed by atoms with Crippen molar-refractivity contribution in [1.29, 1.82) is 0 Å². The summed E-state index contributed by atoms with van der Waals surface area (Å²) in [4.78, 5) is 22.2.